The van der Waals surface area contributed by atoms with E-state index in [2.05, 4.69) is 5.32 Å². The lowest BCUT2D eigenvalue weighted by molar-refractivity contribution is 0.0943. The summed E-state index contributed by atoms with van der Waals surface area (Å²) in [6.45, 7) is 3.55. The van der Waals surface area contributed by atoms with Gasteiger partial charge in [0.2, 0.25) is 10.0 Å². The normalized spacial score (nSPS) is 15.8. The van der Waals surface area contributed by atoms with E-state index in [1.165, 1.54) is 16.6 Å². The molecule has 0 aromatic carbocycles. The number of hydrogen-bond donors (Lipinski definition) is 1. The standard InChI is InChI=1S/C16H21N3O3S2/c1-12-5-8-23-15(12)10-17-16(20)14-9-13(11-18(14)2)24(21,22)19-6-3-4-7-19/h5,8-9,11H,3-4,6-7,10H2,1-2H3,(H,17,20). The average molecular weight is 367 g/mol. The Morgan fingerprint density at radius 1 is 1.33 bits per heavy atom. The average Bonchev–Trinajstić information content (AvgIpc) is 3.25. The van der Waals surface area contributed by atoms with Crippen LogP contribution in [-0.2, 0) is 23.6 Å². The Bertz CT molecular complexity index is 846. The number of hydrogen-bond acceptors (Lipinski definition) is 4. The first-order valence-corrected chi connectivity index (χ1v) is 10.2. The molecule has 24 heavy (non-hydrogen) atoms. The minimum absolute atomic E-state index is 0.185. The number of sulfonamides is 1. The number of rotatable bonds is 5. The third-order valence-electron chi connectivity index (χ3n) is 4.29. The van der Waals surface area contributed by atoms with Crippen molar-refractivity contribution in [2.24, 2.45) is 7.05 Å². The van der Waals surface area contributed by atoms with Gasteiger partial charge >= 0.3 is 0 Å². The van der Waals surface area contributed by atoms with E-state index in [9.17, 15) is 13.2 Å². The quantitative estimate of drug-likeness (QED) is 0.880. The first-order valence-electron chi connectivity index (χ1n) is 7.87. The third kappa shape index (κ3) is 3.26. The number of nitrogens with zero attached hydrogens (tertiary/aromatic N) is 2. The van der Waals surface area contributed by atoms with Gasteiger partial charge in [0, 0.05) is 31.2 Å². The summed E-state index contributed by atoms with van der Waals surface area (Å²) in [6.07, 6.45) is 3.29. The lowest BCUT2D eigenvalue weighted by atomic mass is 10.3. The highest BCUT2D eigenvalue weighted by atomic mass is 32.2. The molecule has 0 atom stereocenters. The van der Waals surface area contributed by atoms with Crippen LogP contribution in [0.25, 0.3) is 0 Å². The Hall–Kier alpha value is -1.64. The lowest BCUT2D eigenvalue weighted by Gasteiger charge is -2.13. The number of thiophene rings is 1. The molecule has 2 aromatic heterocycles. The maximum Gasteiger partial charge on any atom is 0.268 e. The second-order valence-corrected chi connectivity index (χ2v) is 8.93. The summed E-state index contributed by atoms with van der Waals surface area (Å²) in [5.41, 5.74) is 1.49. The Labute approximate surface area is 146 Å². The van der Waals surface area contributed by atoms with E-state index in [-0.39, 0.29) is 10.8 Å². The SMILES string of the molecule is Cc1ccsc1CNC(=O)c1cc(S(=O)(=O)N2CCCC2)cn1C. The number of amides is 1. The van der Waals surface area contributed by atoms with Crippen molar-refractivity contribution < 1.29 is 13.2 Å². The van der Waals surface area contributed by atoms with Gasteiger partial charge in [0.15, 0.2) is 0 Å². The summed E-state index contributed by atoms with van der Waals surface area (Å²) in [5, 5.41) is 4.85. The molecule has 0 unspecified atom stereocenters. The van der Waals surface area contributed by atoms with E-state index in [0.29, 0.717) is 25.3 Å². The van der Waals surface area contributed by atoms with Gasteiger partial charge in [0.1, 0.15) is 10.6 Å². The molecule has 1 amide bonds. The molecule has 1 fully saturated rings. The van der Waals surface area contributed by atoms with E-state index >= 15 is 0 Å². The van der Waals surface area contributed by atoms with E-state index < -0.39 is 10.0 Å². The molecule has 0 saturated carbocycles. The fraction of sp³-hybridized carbons (Fsp3) is 0.438. The fourth-order valence-corrected chi connectivity index (χ4v) is 5.25. The Balaban J connectivity index is 1.76. The van der Waals surface area contributed by atoms with Crippen LogP contribution in [0, 0.1) is 6.92 Å². The van der Waals surface area contributed by atoms with Crippen LogP contribution in [0.4, 0.5) is 0 Å². The van der Waals surface area contributed by atoms with Gasteiger partial charge in [-0.1, -0.05) is 0 Å². The molecular weight excluding hydrogens is 346 g/mol. The Morgan fingerprint density at radius 2 is 2.04 bits per heavy atom. The minimum Gasteiger partial charge on any atom is -0.346 e. The zero-order valence-corrected chi connectivity index (χ0v) is 15.4. The molecule has 3 heterocycles. The van der Waals surface area contributed by atoms with E-state index in [1.54, 1.807) is 23.0 Å². The highest BCUT2D eigenvalue weighted by Gasteiger charge is 2.29. The Kier molecular flexibility index (Phi) is 4.80. The van der Waals surface area contributed by atoms with E-state index in [0.717, 1.165) is 23.3 Å². The third-order valence-corrected chi connectivity index (χ3v) is 7.18. The minimum atomic E-state index is -3.50. The van der Waals surface area contributed by atoms with Crippen LogP contribution < -0.4 is 5.32 Å². The predicted octanol–water partition coefficient (Wildman–Crippen LogP) is 2.11. The van der Waals surface area contributed by atoms with Gasteiger partial charge in [-0.3, -0.25) is 4.79 Å². The number of nitrogens with one attached hydrogen (secondary N) is 1. The first-order chi connectivity index (χ1) is 11.4. The maximum absolute atomic E-state index is 12.6. The molecule has 0 spiro atoms. The Morgan fingerprint density at radius 3 is 2.67 bits per heavy atom. The van der Waals surface area contributed by atoms with Crippen molar-refractivity contribution in [2.75, 3.05) is 13.1 Å². The monoisotopic (exact) mass is 367 g/mol. The number of carbonyl (C=O) groups excluding carboxylic acids is 1. The molecular formula is C16H21N3O3S2. The van der Waals surface area contributed by atoms with Crippen molar-refractivity contribution in [3.8, 4) is 0 Å². The highest BCUT2D eigenvalue weighted by Crippen LogP contribution is 2.22. The molecule has 2 aromatic rings. The van der Waals surface area contributed by atoms with Gasteiger partial charge in [0.05, 0.1) is 6.54 Å². The molecule has 1 aliphatic rings. The van der Waals surface area contributed by atoms with Crippen molar-refractivity contribution in [1.82, 2.24) is 14.2 Å². The second kappa shape index (κ2) is 6.70. The lowest BCUT2D eigenvalue weighted by Crippen LogP contribution is -2.27. The summed E-state index contributed by atoms with van der Waals surface area (Å²) in [6, 6.07) is 3.47. The second-order valence-electron chi connectivity index (χ2n) is 5.99. The van der Waals surface area contributed by atoms with Gasteiger partial charge in [-0.15, -0.1) is 11.3 Å². The first kappa shape index (κ1) is 17.2. The van der Waals surface area contributed by atoms with Crippen molar-refractivity contribution in [1.29, 1.82) is 0 Å². The highest BCUT2D eigenvalue weighted by molar-refractivity contribution is 7.89. The summed E-state index contributed by atoms with van der Waals surface area (Å²) in [5.74, 6) is -0.270. The molecule has 1 saturated heterocycles. The van der Waals surface area contributed by atoms with Crippen LogP contribution >= 0.6 is 11.3 Å². The number of aromatic nitrogens is 1. The van der Waals surface area contributed by atoms with Crippen molar-refractivity contribution in [3.05, 3.63) is 39.8 Å². The van der Waals surface area contributed by atoms with Gasteiger partial charge in [-0.2, -0.15) is 4.31 Å². The van der Waals surface area contributed by atoms with Crippen molar-refractivity contribution in [2.45, 2.75) is 31.2 Å². The fourth-order valence-electron chi connectivity index (χ4n) is 2.81. The zero-order chi connectivity index (χ0) is 17.3. The molecule has 0 bridgehead atoms. The zero-order valence-electron chi connectivity index (χ0n) is 13.8. The summed E-state index contributed by atoms with van der Waals surface area (Å²) < 4.78 is 28.2. The van der Waals surface area contributed by atoms with Gasteiger partial charge < -0.3 is 9.88 Å². The molecule has 3 rings (SSSR count). The summed E-state index contributed by atoms with van der Waals surface area (Å²) in [4.78, 5) is 13.7. The molecule has 6 nitrogen and oxygen atoms in total. The van der Waals surface area contributed by atoms with Gasteiger partial charge in [0.25, 0.3) is 5.91 Å². The van der Waals surface area contributed by atoms with Crippen LogP contribution in [0.5, 0.6) is 0 Å². The largest absolute Gasteiger partial charge is 0.346 e. The number of aryl methyl sites for hydroxylation is 2. The topological polar surface area (TPSA) is 71.4 Å². The van der Waals surface area contributed by atoms with Crippen LogP contribution in [0.2, 0.25) is 0 Å². The van der Waals surface area contributed by atoms with E-state index in [1.807, 2.05) is 18.4 Å². The molecule has 130 valence electrons. The van der Waals surface area contributed by atoms with Crippen LogP contribution in [-0.4, -0.2) is 36.3 Å². The maximum atomic E-state index is 12.6. The van der Waals surface area contributed by atoms with Crippen LogP contribution in [0.15, 0.2) is 28.6 Å². The molecule has 0 radical (unpaired) electrons. The molecule has 8 heteroatoms. The van der Waals surface area contributed by atoms with Gasteiger partial charge in [-0.05, 0) is 42.8 Å². The summed E-state index contributed by atoms with van der Waals surface area (Å²) in [7, 11) is -1.82. The molecule has 0 aliphatic carbocycles. The van der Waals surface area contributed by atoms with Gasteiger partial charge in [-0.25, -0.2) is 8.42 Å². The van der Waals surface area contributed by atoms with Crippen molar-refractivity contribution in [3.63, 3.8) is 0 Å². The molecule has 1 aliphatic heterocycles. The molecule has 1 N–H and O–H groups in total. The number of carbonyl (C=O) groups is 1. The summed E-state index contributed by atoms with van der Waals surface area (Å²) >= 11 is 1.59. The predicted molar refractivity (Wildman–Crippen MR) is 93.6 cm³/mol. The van der Waals surface area contributed by atoms with Crippen molar-refractivity contribution >= 4 is 27.3 Å². The van der Waals surface area contributed by atoms with Crippen LogP contribution in [0.1, 0.15) is 33.8 Å². The smallest absolute Gasteiger partial charge is 0.268 e. The van der Waals surface area contributed by atoms with E-state index in [4.69, 9.17) is 0 Å². The van der Waals surface area contributed by atoms with Crippen LogP contribution in [0.3, 0.4) is 0 Å².